The first-order valence-corrected chi connectivity index (χ1v) is 6.31. The summed E-state index contributed by atoms with van der Waals surface area (Å²) in [6.45, 7) is 2.27. The van der Waals surface area contributed by atoms with E-state index < -0.39 is 0 Å². The van der Waals surface area contributed by atoms with Crippen LogP contribution in [0.3, 0.4) is 0 Å². The van der Waals surface area contributed by atoms with Crippen molar-refractivity contribution in [1.82, 2.24) is 0 Å². The maximum atomic E-state index is 2.27. The first kappa shape index (κ1) is 13.9. The summed E-state index contributed by atoms with van der Waals surface area (Å²) in [7, 11) is 0. The van der Waals surface area contributed by atoms with E-state index in [1.807, 2.05) is 0 Å². The normalized spacial score (nSPS) is 9.10. The maximum Gasteiger partial charge on any atom is -0.107 e. The zero-order chi connectivity index (χ0) is 6.95. The summed E-state index contributed by atoms with van der Waals surface area (Å²) in [4.78, 5) is 0. The van der Waals surface area contributed by atoms with Gasteiger partial charge in [-0.1, -0.05) is 0 Å². The van der Waals surface area contributed by atoms with Crippen molar-refractivity contribution < 1.29 is 18.3 Å². The minimum Gasteiger partial charge on any atom is -0.107 e. The zero-order valence-corrected chi connectivity index (χ0v) is 12.4. The van der Waals surface area contributed by atoms with Crippen molar-refractivity contribution in [1.29, 1.82) is 0 Å². The molecule has 10 heavy (non-hydrogen) atoms. The van der Waals surface area contributed by atoms with Gasteiger partial charge in [0.2, 0.25) is 0 Å². The van der Waals surface area contributed by atoms with E-state index in [1.54, 1.807) is 0 Å². The predicted octanol–water partition coefficient (Wildman–Crippen LogP) is 3.93. The van der Waals surface area contributed by atoms with Crippen LogP contribution in [0.15, 0.2) is 0 Å². The van der Waals surface area contributed by atoms with E-state index in [4.69, 9.17) is 0 Å². The van der Waals surface area contributed by atoms with Gasteiger partial charge in [0.15, 0.2) is 0 Å². The molecule has 0 saturated carbocycles. The molecule has 0 atom stereocenters. The van der Waals surface area contributed by atoms with Crippen molar-refractivity contribution in [2.45, 2.75) is 50.5 Å². The Bertz CT molecular complexity index is 42.5. The van der Waals surface area contributed by atoms with Crippen LogP contribution in [0.2, 0.25) is 5.02 Å². The Kier molecular flexibility index (Phi) is 18.1. The monoisotopic (exact) mass is 305 g/mol. The van der Waals surface area contributed by atoms with Gasteiger partial charge in [-0.25, -0.2) is 0 Å². The Morgan fingerprint density at radius 2 is 1.40 bits per heavy atom. The van der Waals surface area contributed by atoms with Crippen molar-refractivity contribution in [2.24, 2.45) is 0 Å². The molecule has 0 aliphatic rings. The van der Waals surface area contributed by atoms with Crippen LogP contribution < -0.4 is 0 Å². The molecule has 0 radical (unpaired) electrons. The molecule has 0 aliphatic carbocycles. The Labute approximate surface area is 92.2 Å². The molecule has 59 valence electrons. The molecular formula is C8H18IZn. The average Bonchev–Trinajstić information content (AvgIpc) is 1.89. The summed E-state index contributed by atoms with van der Waals surface area (Å²) in [6.07, 6.45) is 8.74. The van der Waals surface area contributed by atoms with Gasteiger partial charge < -0.3 is 0 Å². The number of hydrogen-bond acceptors (Lipinski definition) is 0. The van der Waals surface area contributed by atoms with Crippen molar-refractivity contribution in [3.63, 3.8) is 0 Å². The largest absolute Gasteiger partial charge is 0.107 e. The number of unbranched alkanes of at least 4 members (excludes halogenated alkanes) is 5. The van der Waals surface area contributed by atoms with Crippen molar-refractivity contribution in [3.05, 3.63) is 0 Å². The Morgan fingerprint density at radius 3 is 1.90 bits per heavy atom. The zero-order valence-electron chi connectivity index (χ0n) is 7.07. The molecule has 0 heterocycles. The van der Waals surface area contributed by atoms with E-state index >= 15 is 0 Å². The molecule has 0 bridgehead atoms. The molecule has 0 aromatic carbocycles. The summed E-state index contributed by atoms with van der Waals surface area (Å²) in [5, 5.41) is 1.49. The van der Waals surface area contributed by atoms with Crippen LogP contribution in [-0.4, -0.2) is 0 Å². The molecule has 2 heteroatoms. The minimum atomic E-state index is 0. The number of halogens is 1. The fourth-order valence-corrected chi connectivity index (χ4v) is 1.70. The van der Waals surface area contributed by atoms with Gasteiger partial charge in [-0.05, 0) is 0 Å². The molecule has 0 aliphatic heterocycles. The van der Waals surface area contributed by atoms with Gasteiger partial charge >= 0.3 is 68.8 Å². The van der Waals surface area contributed by atoms with Crippen molar-refractivity contribution in [3.8, 4) is 0 Å². The summed E-state index contributed by atoms with van der Waals surface area (Å²) in [5.41, 5.74) is 0. The van der Waals surface area contributed by atoms with Crippen molar-refractivity contribution >= 4 is 24.0 Å². The molecular weight excluding hydrogens is 288 g/mol. The van der Waals surface area contributed by atoms with E-state index in [0.717, 1.165) is 0 Å². The van der Waals surface area contributed by atoms with Crippen molar-refractivity contribution in [2.75, 3.05) is 0 Å². The number of hydrogen-bond donors (Lipinski definition) is 0. The van der Waals surface area contributed by atoms with Crippen LogP contribution in [-0.2, 0) is 18.3 Å². The van der Waals surface area contributed by atoms with Gasteiger partial charge in [0.25, 0.3) is 0 Å². The quantitative estimate of drug-likeness (QED) is 0.396. The Balaban J connectivity index is 0. The SMILES string of the molecule is CCCCCCC[CH2][Zn].I. The van der Waals surface area contributed by atoms with Gasteiger partial charge in [-0.15, -0.1) is 24.0 Å². The fraction of sp³-hybridized carbons (Fsp3) is 1.00. The maximum absolute atomic E-state index is 2.27. The molecule has 0 aromatic rings. The molecule has 0 spiro atoms. The van der Waals surface area contributed by atoms with Gasteiger partial charge in [-0.3, -0.25) is 0 Å². The molecule has 0 unspecified atom stereocenters. The standard InChI is InChI=1S/C8H17.HI.Zn/c1-3-5-7-8-6-4-2;;/h1,3-8H2,2H3;1H;. The summed E-state index contributed by atoms with van der Waals surface area (Å²) in [6, 6.07) is 0. The van der Waals surface area contributed by atoms with E-state index in [0.29, 0.717) is 0 Å². The van der Waals surface area contributed by atoms with Crippen LogP contribution in [0.5, 0.6) is 0 Å². The van der Waals surface area contributed by atoms with Gasteiger partial charge in [-0.2, -0.15) is 0 Å². The summed E-state index contributed by atoms with van der Waals surface area (Å²) in [5.74, 6) is 0. The van der Waals surface area contributed by atoms with Crippen LogP contribution in [0.25, 0.3) is 0 Å². The smallest absolute Gasteiger partial charge is 0.107 e. The first-order valence-electron chi connectivity index (χ1n) is 4.21. The molecule has 0 fully saturated rings. The summed E-state index contributed by atoms with van der Waals surface area (Å²) >= 11 is 1.49. The molecule has 0 amide bonds. The second-order valence-electron chi connectivity index (χ2n) is 2.62. The minimum absolute atomic E-state index is 0. The van der Waals surface area contributed by atoms with Gasteiger partial charge in [0.1, 0.15) is 0 Å². The Morgan fingerprint density at radius 1 is 0.900 bits per heavy atom. The van der Waals surface area contributed by atoms with Crippen LogP contribution >= 0.6 is 24.0 Å². The second-order valence-corrected chi connectivity index (χ2v) is 4.10. The van der Waals surface area contributed by atoms with Gasteiger partial charge in [0.05, 0.1) is 0 Å². The van der Waals surface area contributed by atoms with E-state index in [-0.39, 0.29) is 24.0 Å². The third-order valence-corrected chi connectivity index (χ3v) is 2.65. The topological polar surface area (TPSA) is 0 Å². The molecule has 0 rings (SSSR count). The number of rotatable bonds is 6. The molecule has 0 nitrogen and oxygen atoms in total. The summed E-state index contributed by atoms with van der Waals surface area (Å²) < 4.78 is 0. The van der Waals surface area contributed by atoms with Crippen LogP contribution in [0.1, 0.15) is 45.4 Å². The molecule has 0 N–H and O–H groups in total. The van der Waals surface area contributed by atoms with Gasteiger partial charge in [0, 0.05) is 0 Å². The molecule has 0 aromatic heterocycles. The van der Waals surface area contributed by atoms with Crippen LogP contribution in [0, 0.1) is 0 Å². The van der Waals surface area contributed by atoms with E-state index in [2.05, 4.69) is 6.92 Å². The average molecular weight is 307 g/mol. The predicted molar refractivity (Wildman–Crippen MR) is 53.6 cm³/mol. The fourth-order valence-electron chi connectivity index (χ4n) is 0.957. The van der Waals surface area contributed by atoms with E-state index in [9.17, 15) is 0 Å². The van der Waals surface area contributed by atoms with Crippen LogP contribution in [0.4, 0.5) is 0 Å². The second kappa shape index (κ2) is 13.0. The first-order chi connectivity index (χ1) is 4.41. The van der Waals surface area contributed by atoms with E-state index in [1.165, 1.54) is 61.8 Å². The Hall–Kier alpha value is 1.35. The molecule has 0 saturated heterocycles. The third kappa shape index (κ3) is 12.1. The third-order valence-electron chi connectivity index (χ3n) is 1.60.